The van der Waals surface area contributed by atoms with Crippen molar-refractivity contribution in [3.8, 4) is 22.3 Å². The predicted molar refractivity (Wildman–Crippen MR) is 301 cm³/mol. The van der Waals surface area contributed by atoms with Crippen LogP contribution in [0.5, 0.6) is 0 Å². The standard InChI is InChI=1S/C68H48N2/c1-7-21-49(22-8-1)37-43-61-57(33-19-35-65(61)69(53-25-11-3-12-26-53)54-27-13-4-14-28-54)59-45-39-51-42-48-64-60(46-40-52-41-47-63(59)67(51)68(52)64)58-34-20-36-66(62(58)44-38-50-23-9-2-10-24-50)70(55-29-15-5-16-30-55)56-31-17-6-18-32-56/h1-48H. The Morgan fingerprint density at radius 2 is 0.543 bits per heavy atom. The van der Waals surface area contributed by atoms with Gasteiger partial charge in [-0.15, -0.1) is 0 Å². The van der Waals surface area contributed by atoms with Gasteiger partial charge in [-0.1, -0.05) is 231 Å². The monoisotopic (exact) mass is 892 g/mol. The van der Waals surface area contributed by atoms with E-state index < -0.39 is 0 Å². The number of anilines is 6. The molecule has 70 heavy (non-hydrogen) atoms. The van der Waals surface area contributed by atoms with Gasteiger partial charge in [-0.25, -0.2) is 0 Å². The zero-order chi connectivity index (χ0) is 46.6. The molecule has 0 heterocycles. The fourth-order valence-electron chi connectivity index (χ4n) is 10.2. The molecule has 0 radical (unpaired) electrons. The lowest BCUT2D eigenvalue weighted by atomic mass is 9.85. The van der Waals surface area contributed by atoms with E-state index in [-0.39, 0.29) is 0 Å². The molecule has 0 aliphatic heterocycles. The molecule has 0 atom stereocenters. The first-order chi connectivity index (χ1) is 34.8. The Kier molecular flexibility index (Phi) is 11.3. The van der Waals surface area contributed by atoms with Gasteiger partial charge in [0, 0.05) is 33.9 Å². The fourth-order valence-corrected chi connectivity index (χ4v) is 10.2. The lowest BCUT2D eigenvalue weighted by Gasteiger charge is -2.28. The third-order valence-corrected chi connectivity index (χ3v) is 13.4. The van der Waals surface area contributed by atoms with Crippen LogP contribution in [0.25, 0.3) is 78.9 Å². The van der Waals surface area contributed by atoms with Crippen LogP contribution in [0.1, 0.15) is 22.3 Å². The van der Waals surface area contributed by atoms with Gasteiger partial charge in [0.15, 0.2) is 0 Å². The molecule has 0 saturated heterocycles. The third kappa shape index (κ3) is 7.98. The van der Waals surface area contributed by atoms with E-state index in [4.69, 9.17) is 0 Å². The summed E-state index contributed by atoms with van der Waals surface area (Å²) in [6, 6.07) is 96.1. The molecule has 12 rings (SSSR count). The molecule has 330 valence electrons. The van der Waals surface area contributed by atoms with E-state index in [1.54, 1.807) is 0 Å². The molecule has 2 heteroatoms. The summed E-state index contributed by atoms with van der Waals surface area (Å²) in [5.41, 5.74) is 15.9. The molecule has 12 aromatic rings. The number of nitrogens with zero attached hydrogens (tertiary/aromatic N) is 2. The molecule has 0 amide bonds. The Morgan fingerprint density at radius 1 is 0.229 bits per heavy atom. The maximum absolute atomic E-state index is 2.38. The van der Waals surface area contributed by atoms with Crippen molar-refractivity contribution in [2.24, 2.45) is 0 Å². The molecule has 2 nitrogen and oxygen atoms in total. The number of rotatable bonds is 12. The molecule has 0 aliphatic carbocycles. The lowest BCUT2D eigenvalue weighted by molar-refractivity contribution is 1.28. The minimum atomic E-state index is 1.10. The molecular formula is C68H48N2. The highest BCUT2D eigenvalue weighted by Gasteiger charge is 2.23. The van der Waals surface area contributed by atoms with Crippen molar-refractivity contribution < 1.29 is 0 Å². The first-order valence-corrected chi connectivity index (χ1v) is 24.0. The second-order valence-electron chi connectivity index (χ2n) is 17.6. The van der Waals surface area contributed by atoms with E-state index in [9.17, 15) is 0 Å². The van der Waals surface area contributed by atoms with Crippen molar-refractivity contribution in [2.75, 3.05) is 9.80 Å². The topological polar surface area (TPSA) is 6.48 Å². The van der Waals surface area contributed by atoms with Crippen LogP contribution in [0.4, 0.5) is 34.1 Å². The van der Waals surface area contributed by atoms with Crippen molar-refractivity contribution in [1.82, 2.24) is 0 Å². The van der Waals surface area contributed by atoms with E-state index in [2.05, 4.69) is 301 Å². The number of hydrogen-bond acceptors (Lipinski definition) is 2. The summed E-state index contributed by atoms with van der Waals surface area (Å²) in [6.45, 7) is 0. The Balaban J connectivity index is 1.08. The Hall–Kier alpha value is -9.24. The van der Waals surface area contributed by atoms with Gasteiger partial charge in [0.05, 0.1) is 11.4 Å². The summed E-state index contributed by atoms with van der Waals surface area (Å²) < 4.78 is 0. The number of para-hydroxylation sites is 4. The third-order valence-electron chi connectivity index (χ3n) is 13.4. The molecule has 0 N–H and O–H groups in total. The Morgan fingerprint density at radius 3 is 0.886 bits per heavy atom. The average molecular weight is 893 g/mol. The van der Waals surface area contributed by atoms with Crippen LogP contribution in [0, 0.1) is 0 Å². The van der Waals surface area contributed by atoms with Crippen molar-refractivity contribution in [3.05, 3.63) is 289 Å². The molecule has 0 spiro atoms. The summed E-state index contributed by atoms with van der Waals surface area (Å²) in [4.78, 5) is 4.76. The Bertz CT molecular complexity index is 3460. The highest BCUT2D eigenvalue weighted by atomic mass is 15.1. The highest BCUT2D eigenvalue weighted by molar-refractivity contribution is 6.28. The first-order valence-electron chi connectivity index (χ1n) is 24.0. The van der Waals surface area contributed by atoms with Gasteiger partial charge in [0.25, 0.3) is 0 Å². The fraction of sp³-hybridized carbons (Fsp3) is 0. The molecule has 0 bridgehead atoms. The second-order valence-corrected chi connectivity index (χ2v) is 17.6. The van der Waals surface area contributed by atoms with Gasteiger partial charge in [-0.3, -0.25) is 0 Å². The van der Waals surface area contributed by atoms with Gasteiger partial charge >= 0.3 is 0 Å². The van der Waals surface area contributed by atoms with E-state index >= 15 is 0 Å². The summed E-state index contributed by atoms with van der Waals surface area (Å²) in [5.74, 6) is 0. The van der Waals surface area contributed by atoms with E-state index in [0.29, 0.717) is 0 Å². The lowest BCUT2D eigenvalue weighted by Crippen LogP contribution is -2.11. The first kappa shape index (κ1) is 42.1. The van der Waals surface area contributed by atoms with Crippen LogP contribution < -0.4 is 9.80 Å². The zero-order valence-corrected chi connectivity index (χ0v) is 38.6. The van der Waals surface area contributed by atoms with Gasteiger partial charge in [-0.05, 0) is 126 Å². The van der Waals surface area contributed by atoms with E-state index in [1.165, 1.54) is 54.6 Å². The molecular weight excluding hydrogens is 845 g/mol. The minimum absolute atomic E-state index is 1.10. The van der Waals surface area contributed by atoms with Crippen molar-refractivity contribution in [3.63, 3.8) is 0 Å². The summed E-state index contributed by atoms with van der Waals surface area (Å²) in [5, 5.41) is 7.44. The van der Waals surface area contributed by atoms with Gasteiger partial charge in [0.2, 0.25) is 0 Å². The van der Waals surface area contributed by atoms with Gasteiger partial charge < -0.3 is 9.80 Å². The Labute approximate surface area is 410 Å². The van der Waals surface area contributed by atoms with E-state index in [0.717, 1.165) is 56.4 Å². The van der Waals surface area contributed by atoms with Crippen LogP contribution >= 0.6 is 0 Å². The number of benzene rings is 12. The molecule has 0 saturated carbocycles. The quantitative estimate of drug-likeness (QED) is 0.0891. The van der Waals surface area contributed by atoms with Crippen LogP contribution in [0.3, 0.4) is 0 Å². The van der Waals surface area contributed by atoms with Crippen molar-refractivity contribution >= 4 is 90.7 Å². The van der Waals surface area contributed by atoms with Crippen molar-refractivity contribution in [1.29, 1.82) is 0 Å². The molecule has 0 aromatic heterocycles. The van der Waals surface area contributed by atoms with E-state index in [1.807, 2.05) is 0 Å². The largest absolute Gasteiger partial charge is 0.310 e. The predicted octanol–water partition coefficient (Wildman–Crippen LogP) is 19.2. The normalized spacial score (nSPS) is 11.6. The van der Waals surface area contributed by atoms with Gasteiger partial charge in [-0.2, -0.15) is 0 Å². The smallest absolute Gasteiger partial charge is 0.0540 e. The molecule has 0 unspecified atom stereocenters. The van der Waals surface area contributed by atoms with Gasteiger partial charge in [0.1, 0.15) is 0 Å². The number of hydrogen-bond donors (Lipinski definition) is 0. The van der Waals surface area contributed by atoms with Crippen LogP contribution in [0.15, 0.2) is 267 Å². The molecule has 12 aromatic carbocycles. The van der Waals surface area contributed by atoms with Crippen LogP contribution in [0.2, 0.25) is 0 Å². The zero-order valence-electron chi connectivity index (χ0n) is 38.6. The molecule has 0 fully saturated rings. The highest BCUT2D eigenvalue weighted by Crippen LogP contribution is 2.48. The summed E-state index contributed by atoms with van der Waals surface area (Å²) in [7, 11) is 0. The van der Waals surface area contributed by atoms with Crippen LogP contribution in [-0.4, -0.2) is 0 Å². The summed E-state index contributed by atoms with van der Waals surface area (Å²) in [6.07, 6.45) is 9.10. The SMILES string of the molecule is C(=Cc1c(-c2ccc3ccc4c(-c5cccc(N(c6ccccc6)c6ccccc6)c5C=Cc5ccccc5)ccc5ccc2c3c54)cccc1N(c1ccccc1)c1ccccc1)c1ccccc1. The summed E-state index contributed by atoms with van der Waals surface area (Å²) >= 11 is 0. The van der Waals surface area contributed by atoms with Crippen LogP contribution in [-0.2, 0) is 0 Å². The van der Waals surface area contributed by atoms with Crippen molar-refractivity contribution in [2.45, 2.75) is 0 Å². The average Bonchev–Trinajstić information content (AvgIpc) is 3.43. The molecule has 0 aliphatic rings. The maximum atomic E-state index is 2.38. The second kappa shape index (κ2) is 18.8. The maximum Gasteiger partial charge on any atom is 0.0540 e. The minimum Gasteiger partial charge on any atom is -0.310 e.